The molecule has 0 bridgehead atoms. The molecule has 20 heavy (non-hydrogen) atoms. The van der Waals surface area contributed by atoms with Crippen molar-refractivity contribution >= 4 is 17.6 Å². The number of fused-ring (bicyclic) bond motifs is 2. The first-order chi connectivity index (χ1) is 9.76. The highest BCUT2D eigenvalue weighted by Gasteiger charge is 2.29. The second-order valence-electron chi connectivity index (χ2n) is 4.91. The number of guanidine groups is 1. The predicted octanol–water partition coefficient (Wildman–Crippen LogP) is 0.771. The third-order valence-electron chi connectivity index (χ3n) is 3.34. The number of nitrogens with zero attached hydrogens (tertiary/aromatic N) is 2. The molecule has 2 aliphatic heterocycles. The zero-order chi connectivity index (χ0) is 13.9. The molecule has 2 aliphatic rings. The number of rotatable bonds is 5. The van der Waals surface area contributed by atoms with Crippen LogP contribution in [-0.2, 0) is 11.3 Å². The first-order valence-electron chi connectivity index (χ1n) is 6.76. The standard InChI is InChI=1S/C14H17N3O3/c18-5-1-2-6-20-11-3-4-12-10(7-11)8-17-9-13(19)16-14(17)15-12/h3-4,7,18H,1-2,5-6,8-9H2,(H,15,16,19). The zero-order valence-electron chi connectivity index (χ0n) is 11.1. The van der Waals surface area contributed by atoms with Gasteiger partial charge in [0.25, 0.3) is 0 Å². The number of aliphatic hydroxyl groups is 1. The van der Waals surface area contributed by atoms with Gasteiger partial charge in [-0.25, -0.2) is 4.99 Å². The maximum atomic E-state index is 11.4. The van der Waals surface area contributed by atoms with Crippen LogP contribution in [0.4, 0.5) is 5.69 Å². The third kappa shape index (κ3) is 2.60. The fraction of sp³-hybridized carbons (Fsp3) is 0.429. The van der Waals surface area contributed by atoms with E-state index in [1.165, 1.54) is 0 Å². The Morgan fingerprint density at radius 1 is 1.35 bits per heavy atom. The van der Waals surface area contributed by atoms with Gasteiger partial charge in [0.2, 0.25) is 11.9 Å². The average molecular weight is 275 g/mol. The number of ether oxygens (including phenoxy) is 1. The predicted molar refractivity (Wildman–Crippen MR) is 73.9 cm³/mol. The second kappa shape index (κ2) is 5.50. The van der Waals surface area contributed by atoms with Gasteiger partial charge in [-0.15, -0.1) is 0 Å². The summed E-state index contributed by atoms with van der Waals surface area (Å²) in [6.07, 6.45) is 1.58. The molecule has 2 heterocycles. The van der Waals surface area contributed by atoms with Crippen LogP contribution in [0.15, 0.2) is 23.2 Å². The van der Waals surface area contributed by atoms with Crippen molar-refractivity contribution in [2.24, 2.45) is 4.99 Å². The van der Waals surface area contributed by atoms with Crippen LogP contribution >= 0.6 is 0 Å². The fourth-order valence-electron chi connectivity index (χ4n) is 2.33. The quantitative estimate of drug-likeness (QED) is 0.778. The molecule has 1 amide bonds. The lowest BCUT2D eigenvalue weighted by Crippen LogP contribution is -2.31. The van der Waals surface area contributed by atoms with Crippen LogP contribution in [0.5, 0.6) is 5.75 Å². The molecule has 1 fully saturated rings. The molecule has 0 atom stereocenters. The van der Waals surface area contributed by atoms with Crippen molar-refractivity contribution in [3.05, 3.63) is 23.8 Å². The lowest BCUT2D eigenvalue weighted by molar-refractivity contribution is -0.118. The van der Waals surface area contributed by atoms with E-state index in [2.05, 4.69) is 10.3 Å². The van der Waals surface area contributed by atoms with Crippen LogP contribution in [0, 0.1) is 0 Å². The van der Waals surface area contributed by atoms with Gasteiger partial charge >= 0.3 is 0 Å². The highest BCUT2D eigenvalue weighted by Crippen LogP contribution is 2.30. The van der Waals surface area contributed by atoms with Crippen molar-refractivity contribution in [2.45, 2.75) is 19.4 Å². The molecule has 1 aromatic carbocycles. The first kappa shape index (κ1) is 12.9. The van der Waals surface area contributed by atoms with Crippen LogP contribution in [0.1, 0.15) is 18.4 Å². The molecular weight excluding hydrogens is 258 g/mol. The summed E-state index contributed by atoms with van der Waals surface area (Å²) in [6.45, 7) is 1.82. The zero-order valence-corrected chi connectivity index (χ0v) is 11.1. The number of aliphatic imine (C=N–C) groups is 1. The Labute approximate surface area is 117 Å². The SMILES string of the molecule is O=C1CN2Cc3cc(OCCCCO)ccc3N=C2N1. The van der Waals surface area contributed by atoms with Gasteiger partial charge in [-0.1, -0.05) is 0 Å². The minimum atomic E-state index is -0.0166. The van der Waals surface area contributed by atoms with Gasteiger partial charge < -0.3 is 14.7 Å². The maximum absolute atomic E-state index is 11.4. The van der Waals surface area contributed by atoms with Crippen LogP contribution in [0.25, 0.3) is 0 Å². The van der Waals surface area contributed by atoms with Crippen molar-refractivity contribution in [1.29, 1.82) is 0 Å². The number of aliphatic hydroxyl groups excluding tert-OH is 1. The van der Waals surface area contributed by atoms with Crippen molar-refractivity contribution in [2.75, 3.05) is 19.8 Å². The molecule has 106 valence electrons. The number of benzene rings is 1. The van der Waals surface area contributed by atoms with Crippen molar-refractivity contribution in [1.82, 2.24) is 10.2 Å². The van der Waals surface area contributed by atoms with Crippen LogP contribution in [-0.4, -0.2) is 41.6 Å². The molecule has 6 nitrogen and oxygen atoms in total. The monoisotopic (exact) mass is 275 g/mol. The van der Waals surface area contributed by atoms with Crippen molar-refractivity contribution < 1.29 is 14.6 Å². The minimum Gasteiger partial charge on any atom is -0.494 e. The number of hydrogen-bond acceptors (Lipinski definition) is 5. The Morgan fingerprint density at radius 3 is 3.10 bits per heavy atom. The molecule has 0 radical (unpaired) electrons. The Hall–Kier alpha value is -2.08. The number of amides is 1. The Morgan fingerprint density at radius 2 is 2.25 bits per heavy atom. The van der Waals surface area contributed by atoms with Gasteiger partial charge in [0, 0.05) is 18.7 Å². The van der Waals surface area contributed by atoms with E-state index < -0.39 is 0 Å². The highest BCUT2D eigenvalue weighted by molar-refractivity contribution is 6.05. The smallest absolute Gasteiger partial charge is 0.246 e. The van der Waals surface area contributed by atoms with E-state index in [-0.39, 0.29) is 12.5 Å². The summed E-state index contributed by atoms with van der Waals surface area (Å²) in [5.74, 6) is 1.43. The van der Waals surface area contributed by atoms with E-state index in [0.29, 0.717) is 25.7 Å². The van der Waals surface area contributed by atoms with Gasteiger partial charge in [0.05, 0.1) is 12.3 Å². The lowest BCUT2D eigenvalue weighted by Gasteiger charge is -2.23. The summed E-state index contributed by atoms with van der Waals surface area (Å²) in [7, 11) is 0. The van der Waals surface area contributed by atoms with Crippen molar-refractivity contribution in [3.8, 4) is 5.75 Å². The molecule has 1 aromatic rings. The van der Waals surface area contributed by atoms with Gasteiger partial charge in [-0.05, 0) is 31.0 Å². The fourth-order valence-corrected chi connectivity index (χ4v) is 2.33. The molecule has 6 heteroatoms. The number of nitrogens with one attached hydrogen (secondary N) is 1. The van der Waals surface area contributed by atoms with E-state index >= 15 is 0 Å². The molecule has 0 unspecified atom stereocenters. The largest absolute Gasteiger partial charge is 0.494 e. The normalized spacial score (nSPS) is 16.4. The van der Waals surface area contributed by atoms with Gasteiger partial charge in [0.15, 0.2) is 0 Å². The molecule has 2 N–H and O–H groups in total. The van der Waals surface area contributed by atoms with E-state index in [1.54, 1.807) is 0 Å². The molecule has 0 aromatic heterocycles. The number of carbonyl (C=O) groups is 1. The minimum absolute atomic E-state index is 0.0166. The summed E-state index contributed by atoms with van der Waals surface area (Å²) in [5, 5.41) is 11.5. The number of unbranched alkanes of at least 4 members (excludes halogenated alkanes) is 1. The highest BCUT2D eigenvalue weighted by atomic mass is 16.5. The lowest BCUT2D eigenvalue weighted by atomic mass is 10.1. The summed E-state index contributed by atoms with van der Waals surface area (Å²) >= 11 is 0. The average Bonchev–Trinajstić information content (AvgIpc) is 2.80. The van der Waals surface area contributed by atoms with E-state index in [9.17, 15) is 4.79 Å². The topological polar surface area (TPSA) is 74.2 Å². The van der Waals surface area contributed by atoms with Gasteiger partial charge in [-0.3, -0.25) is 10.1 Å². The van der Waals surface area contributed by atoms with E-state index in [4.69, 9.17) is 9.84 Å². The van der Waals surface area contributed by atoms with E-state index in [0.717, 1.165) is 29.8 Å². The summed E-state index contributed by atoms with van der Waals surface area (Å²) in [5.41, 5.74) is 1.94. The maximum Gasteiger partial charge on any atom is 0.246 e. The summed E-state index contributed by atoms with van der Waals surface area (Å²) < 4.78 is 5.65. The Kier molecular flexibility index (Phi) is 3.56. The third-order valence-corrected chi connectivity index (χ3v) is 3.34. The Balaban J connectivity index is 1.69. The molecule has 0 saturated carbocycles. The van der Waals surface area contributed by atoms with Gasteiger partial charge in [0.1, 0.15) is 12.3 Å². The molecule has 1 saturated heterocycles. The van der Waals surface area contributed by atoms with E-state index in [1.807, 2.05) is 23.1 Å². The number of carbonyl (C=O) groups excluding carboxylic acids is 1. The van der Waals surface area contributed by atoms with Gasteiger partial charge in [-0.2, -0.15) is 0 Å². The molecule has 3 rings (SSSR count). The first-order valence-corrected chi connectivity index (χ1v) is 6.76. The van der Waals surface area contributed by atoms with Crippen LogP contribution in [0.2, 0.25) is 0 Å². The van der Waals surface area contributed by atoms with Crippen LogP contribution in [0.3, 0.4) is 0 Å². The number of hydrogen-bond donors (Lipinski definition) is 2. The summed E-state index contributed by atoms with van der Waals surface area (Å²) in [6, 6.07) is 5.76. The molecule has 0 spiro atoms. The summed E-state index contributed by atoms with van der Waals surface area (Å²) in [4.78, 5) is 17.7. The van der Waals surface area contributed by atoms with Crippen LogP contribution < -0.4 is 10.1 Å². The Bertz CT molecular complexity index is 557. The second-order valence-corrected chi connectivity index (χ2v) is 4.91. The molecular formula is C14H17N3O3. The molecule has 0 aliphatic carbocycles. The van der Waals surface area contributed by atoms with Crippen molar-refractivity contribution in [3.63, 3.8) is 0 Å².